The summed E-state index contributed by atoms with van der Waals surface area (Å²) in [5.74, 6) is 1.83. The predicted molar refractivity (Wildman–Crippen MR) is 122 cm³/mol. The Morgan fingerprint density at radius 2 is 1.63 bits per heavy atom. The number of hydrogen-bond acceptors (Lipinski definition) is 4. The molecule has 152 valence electrons. The summed E-state index contributed by atoms with van der Waals surface area (Å²) in [6, 6.07) is 17.8. The van der Waals surface area contributed by atoms with E-state index in [0.29, 0.717) is 18.7 Å². The number of halogens is 1. The number of carbonyl (C=O) groups is 1. The largest absolute Gasteiger partial charge is 0.356 e. The van der Waals surface area contributed by atoms with Gasteiger partial charge in [-0.05, 0) is 40.9 Å². The lowest BCUT2D eigenvalue weighted by Crippen LogP contribution is -2.38. The molecule has 0 spiro atoms. The van der Waals surface area contributed by atoms with Gasteiger partial charge in [0.15, 0.2) is 5.82 Å². The Morgan fingerprint density at radius 1 is 0.900 bits per heavy atom. The number of amides is 1. The second kappa shape index (κ2) is 8.19. The molecule has 5 nitrogen and oxygen atoms in total. The number of aromatic nitrogens is 2. The highest BCUT2D eigenvalue weighted by atomic mass is 79.9. The van der Waals surface area contributed by atoms with Crippen LogP contribution in [0.3, 0.4) is 0 Å². The minimum Gasteiger partial charge on any atom is -0.356 e. The molecule has 2 aliphatic rings. The highest BCUT2D eigenvalue weighted by Gasteiger charge is 2.29. The number of hydrogen-bond donors (Lipinski definition) is 0. The second-order valence-corrected chi connectivity index (χ2v) is 8.67. The van der Waals surface area contributed by atoms with E-state index in [4.69, 9.17) is 9.97 Å². The molecule has 0 radical (unpaired) electrons. The fourth-order valence-electron chi connectivity index (χ4n) is 4.28. The standard InChI is InChI=1S/C24H23BrN4O/c25-20-11-5-4-10-18(20)24(30)29-15-12-21-19(16-29)23(28-13-6-7-14-28)27-22(26-21)17-8-2-1-3-9-17/h1-5,8-11H,6-7,12-16H2. The summed E-state index contributed by atoms with van der Waals surface area (Å²) in [6.45, 7) is 3.24. The van der Waals surface area contributed by atoms with Crippen LogP contribution in [0.2, 0.25) is 0 Å². The maximum Gasteiger partial charge on any atom is 0.255 e. The van der Waals surface area contributed by atoms with Gasteiger partial charge in [-0.15, -0.1) is 0 Å². The highest BCUT2D eigenvalue weighted by Crippen LogP contribution is 2.32. The molecule has 0 atom stereocenters. The van der Waals surface area contributed by atoms with E-state index < -0.39 is 0 Å². The van der Waals surface area contributed by atoms with Gasteiger partial charge in [0, 0.05) is 41.7 Å². The Balaban J connectivity index is 1.53. The first-order valence-electron chi connectivity index (χ1n) is 10.4. The monoisotopic (exact) mass is 462 g/mol. The first kappa shape index (κ1) is 19.2. The Bertz CT molecular complexity index is 1080. The van der Waals surface area contributed by atoms with Gasteiger partial charge in [0.2, 0.25) is 0 Å². The zero-order valence-electron chi connectivity index (χ0n) is 16.7. The van der Waals surface area contributed by atoms with Crippen LogP contribution in [0.25, 0.3) is 11.4 Å². The molecule has 1 fully saturated rings. The molecule has 6 heteroatoms. The van der Waals surface area contributed by atoms with Crippen LogP contribution in [0.4, 0.5) is 5.82 Å². The number of carbonyl (C=O) groups excluding carboxylic acids is 1. The number of benzene rings is 2. The third kappa shape index (κ3) is 3.60. The molecule has 1 aromatic heterocycles. The van der Waals surface area contributed by atoms with Crippen molar-refractivity contribution in [2.75, 3.05) is 24.5 Å². The maximum absolute atomic E-state index is 13.2. The summed E-state index contributed by atoms with van der Waals surface area (Å²) in [5, 5.41) is 0. The van der Waals surface area contributed by atoms with E-state index in [1.807, 2.05) is 47.4 Å². The van der Waals surface area contributed by atoms with Crippen LogP contribution in [0, 0.1) is 0 Å². The first-order valence-corrected chi connectivity index (χ1v) is 11.2. The molecule has 1 saturated heterocycles. The Labute approximate surface area is 184 Å². The minimum atomic E-state index is 0.0487. The van der Waals surface area contributed by atoms with Gasteiger partial charge in [0.1, 0.15) is 5.82 Å². The third-order valence-electron chi connectivity index (χ3n) is 5.87. The molecule has 3 heterocycles. The summed E-state index contributed by atoms with van der Waals surface area (Å²) in [6.07, 6.45) is 3.10. The normalized spacial score (nSPS) is 15.9. The van der Waals surface area contributed by atoms with Crippen LogP contribution in [0.15, 0.2) is 59.1 Å². The molecule has 1 amide bonds. The predicted octanol–water partition coefficient (Wildman–Crippen LogP) is 4.70. The van der Waals surface area contributed by atoms with Gasteiger partial charge in [0.05, 0.1) is 17.8 Å². The van der Waals surface area contributed by atoms with Crippen molar-refractivity contribution in [2.45, 2.75) is 25.8 Å². The molecule has 0 unspecified atom stereocenters. The zero-order chi connectivity index (χ0) is 20.5. The fraction of sp³-hybridized carbons (Fsp3) is 0.292. The maximum atomic E-state index is 13.2. The molecule has 3 aromatic rings. The summed E-state index contributed by atoms with van der Waals surface area (Å²) in [7, 11) is 0. The van der Waals surface area contributed by atoms with E-state index in [-0.39, 0.29) is 5.91 Å². The number of rotatable bonds is 3. The van der Waals surface area contributed by atoms with E-state index in [9.17, 15) is 4.79 Å². The molecule has 5 rings (SSSR count). The van der Waals surface area contributed by atoms with Crippen LogP contribution in [0.5, 0.6) is 0 Å². The van der Waals surface area contributed by atoms with Gasteiger partial charge < -0.3 is 9.80 Å². The van der Waals surface area contributed by atoms with E-state index in [0.717, 1.165) is 52.4 Å². The SMILES string of the molecule is O=C(c1ccccc1Br)N1CCc2nc(-c3ccccc3)nc(N3CCCC3)c2C1. The van der Waals surface area contributed by atoms with Crippen molar-refractivity contribution >= 4 is 27.7 Å². The quantitative estimate of drug-likeness (QED) is 0.565. The van der Waals surface area contributed by atoms with Crippen LogP contribution in [-0.4, -0.2) is 40.4 Å². The fourth-order valence-corrected chi connectivity index (χ4v) is 4.74. The number of fused-ring (bicyclic) bond motifs is 1. The average Bonchev–Trinajstić information content (AvgIpc) is 3.33. The second-order valence-electron chi connectivity index (χ2n) is 7.81. The third-order valence-corrected chi connectivity index (χ3v) is 6.56. The van der Waals surface area contributed by atoms with Crippen molar-refractivity contribution in [1.82, 2.24) is 14.9 Å². The summed E-state index contributed by atoms with van der Waals surface area (Å²) < 4.78 is 0.830. The van der Waals surface area contributed by atoms with Crippen molar-refractivity contribution < 1.29 is 4.79 Å². The number of anilines is 1. The van der Waals surface area contributed by atoms with Gasteiger partial charge in [-0.3, -0.25) is 4.79 Å². The Morgan fingerprint density at radius 3 is 2.40 bits per heavy atom. The lowest BCUT2D eigenvalue weighted by Gasteiger charge is -2.32. The first-order chi connectivity index (χ1) is 14.7. The van der Waals surface area contributed by atoms with Crippen LogP contribution < -0.4 is 4.90 Å². The molecule has 0 aliphatic carbocycles. The van der Waals surface area contributed by atoms with Crippen LogP contribution in [-0.2, 0) is 13.0 Å². The van der Waals surface area contributed by atoms with E-state index in [1.54, 1.807) is 0 Å². The summed E-state index contributed by atoms with van der Waals surface area (Å²) in [5.41, 5.74) is 3.91. The molecular weight excluding hydrogens is 440 g/mol. The smallest absolute Gasteiger partial charge is 0.255 e. The van der Waals surface area contributed by atoms with E-state index >= 15 is 0 Å². The van der Waals surface area contributed by atoms with Crippen molar-refractivity contribution in [3.8, 4) is 11.4 Å². The van der Waals surface area contributed by atoms with Crippen molar-refractivity contribution in [3.05, 3.63) is 75.9 Å². The molecule has 0 bridgehead atoms. The molecule has 2 aromatic carbocycles. The van der Waals surface area contributed by atoms with Gasteiger partial charge >= 0.3 is 0 Å². The van der Waals surface area contributed by atoms with Crippen LogP contribution >= 0.6 is 15.9 Å². The lowest BCUT2D eigenvalue weighted by atomic mass is 10.0. The van der Waals surface area contributed by atoms with Crippen molar-refractivity contribution in [1.29, 1.82) is 0 Å². The van der Waals surface area contributed by atoms with E-state index in [1.165, 1.54) is 12.8 Å². The van der Waals surface area contributed by atoms with Gasteiger partial charge in [0.25, 0.3) is 5.91 Å². The Kier molecular flexibility index (Phi) is 5.25. The molecule has 2 aliphatic heterocycles. The van der Waals surface area contributed by atoms with Crippen molar-refractivity contribution in [2.24, 2.45) is 0 Å². The van der Waals surface area contributed by atoms with Gasteiger partial charge in [-0.2, -0.15) is 0 Å². The zero-order valence-corrected chi connectivity index (χ0v) is 18.3. The molecule has 30 heavy (non-hydrogen) atoms. The summed E-state index contributed by atoms with van der Waals surface area (Å²) in [4.78, 5) is 27.4. The topological polar surface area (TPSA) is 49.3 Å². The molecule has 0 saturated carbocycles. The summed E-state index contributed by atoms with van der Waals surface area (Å²) >= 11 is 3.52. The Hall–Kier alpha value is -2.73. The average molecular weight is 463 g/mol. The van der Waals surface area contributed by atoms with Crippen molar-refractivity contribution in [3.63, 3.8) is 0 Å². The molecular formula is C24H23BrN4O. The minimum absolute atomic E-state index is 0.0487. The van der Waals surface area contributed by atoms with Crippen LogP contribution in [0.1, 0.15) is 34.5 Å². The van der Waals surface area contributed by atoms with E-state index in [2.05, 4.69) is 33.0 Å². The van der Waals surface area contributed by atoms with Gasteiger partial charge in [-0.25, -0.2) is 9.97 Å². The molecule has 0 N–H and O–H groups in total. The van der Waals surface area contributed by atoms with Gasteiger partial charge in [-0.1, -0.05) is 42.5 Å². The highest BCUT2D eigenvalue weighted by molar-refractivity contribution is 9.10. The lowest BCUT2D eigenvalue weighted by molar-refractivity contribution is 0.0732. The number of nitrogens with zero attached hydrogens (tertiary/aromatic N) is 4.